The van der Waals surface area contributed by atoms with Gasteiger partial charge in [-0.3, -0.25) is 0 Å². The molecular formula is C21H9I2NO5S. The van der Waals surface area contributed by atoms with E-state index in [0.29, 0.717) is 46.6 Å². The van der Waals surface area contributed by atoms with Gasteiger partial charge in [-0.25, -0.2) is 4.79 Å². The lowest BCUT2D eigenvalue weighted by molar-refractivity contribution is 0.0223. The molecule has 2 heterocycles. The van der Waals surface area contributed by atoms with Crippen LogP contribution in [-0.2, 0) is 10.3 Å². The lowest BCUT2D eigenvalue weighted by atomic mass is 9.77. The molecule has 5 rings (SSSR count). The Morgan fingerprint density at radius 3 is 2.10 bits per heavy atom. The zero-order valence-electron chi connectivity index (χ0n) is 14.8. The third kappa shape index (κ3) is 2.49. The zero-order chi connectivity index (χ0) is 21.2. The van der Waals surface area contributed by atoms with Crippen LogP contribution in [0, 0.1) is 7.14 Å². The molecule has 3 aromatic rings. The summed E-state index contributed by atoms with van der Waals surface area (Å²) in [7, 11) is 0. The van der Waals surface area contributed by atoms with Crippen LogP contribution in [0.25, 0.3) is 0 Å². The number of benzene rings is 3. The average Bonchev–Trinajstić information content (AvgIpc) is 3.02. The normalized spacial score (nSPS) is 14.8. The van der Waals surface area contributed by atoms with Crippen molar-refractivity contribution in [2.75, 3.05) is 0 Å². The Balaban J connectivity index is 1.96. The third-order valence-electron chi connectivity index (χ3n) is 5.15. The molecule has 30 heavy (non-hydrogen) atoms. The Morgan fingerprint density at radius 2 is 1.53 bits per heavy atom. The molecule has 0 saturated carbocycles. The van der Waals surface area contributed by atoms with E-state index in [1.165, 1.54) is 12.1 Å². The largest absolute Gasteiger partial charge is 0.507 e. The van der Waals surface area contributed by atoms with Crippen LogP contribution in [0.2, 0.25) is 0 Å². The van der Waals surface area contributed by atoms with Crippen molar-refractivity contribution in [1.82, 2.24) is 0 Å². The maximum atomic E-state index is 13.1. The summed E-state index contributed by atoms with van der Waals surface area (Å²) in [6.45, 7) is 0. The molecule has 0 bridgehead atoms. The Hall–Kier alpha value is -2.21. The molecule has 0 amide bonds. The van der Waals surface area contributed by atoms with E-state index in [-0.39, 0.29) is 11.5 Å². The van der Waals surface area contributed by atoms with E-state index in [2.05, 4.69) is 10.2 Å². The van der Waals surface area contributed by atoms with Crippen LogP contribution in [-0.4, -0.2) is 21.3 Å². The van der Waals surface area contributed by atoms with E-state index in [1.807, 2.05) is 45.2 Å². The minimum atomic E-state index is -1.33. The van der Waals surface area contributed by atoms with Crippen LogP contribution >= 0.6 is 57.4 Å². The SMILES string of the molecule is O=C1OC2(c3ccc(O)c(I)c3Oc3c2ccc(O)c3I)c2cccc(N=C=S)c21. The number of thiocarbonyl (C=S) groups is 1. The maximum absolute atomic E-state index is 13.1. The standard InChI is InChI=1S/C21H9I2NO5S/c22-16-13(25)6-4-10-18(16)28-19-11(5-7-14(26)17(19)23)21(10)9-2-1-3-12(24-8-30)15(9)20(27)29-21/h1-7,25-26H. The van der Waals surface area contributed by atoms with Gasteiger partial charge in [0, 0.05) is 16.7 Å². The maximum Gasteiger partial charge on any atom is 0.342 e. The summed E-state index contributed by atoms with van der Waals surface area (Å²) in [4.78, 5) is 17.1. The molecule has 2 N–H and O–H groups in total. The van der Waals surface area contributed by atoms with Crippen molar-refractivity contribution in [1.29, 1.82) is 0 Å². The second-order valence-electron chi connectivity index (χ2n) is 6.63. The molecule has 9 heteroatoms. The van der Waals surface area contributed by atoms with E-state index in [0.717, 1.165) is 0 Å². The number of fused-ring (bicyclic) bond motifs is 6. The number of aliphatic imine (C=N–C) groups is 1. The summed E-state index contributed by atoms with van der Waals surface area (Å²) in [6, 6.07) is 11.6. The highest BCUT2D eigenvalue weighted by Gasteiger charge is 2.55. The lowest BCUT2D eigenvalue weighted by Gasteiger charge is -2.37. The second kappa shape index (κ2) is 6.91. The number of nitrogens with zero attached hydrogens (tertiary/aromatic N) is 1. The number of halogens is 2. The van der Waals surface area contributed by atoms with Gasteiger partial charge in [0.05, 0.1) is 23.6 Å². The van der Waals surface area contributed by atoms with Crippen LogP contribution < -0.4 is 4.74 Å². The highest BCUT2D eigenvalue weighted by Crippen LogP contribution is 2.60. The number of rotatable bonds is 1. The molecule has 0 radical (unpaired) electrons. The number of ether oxygens (including phenoxy) is 2. The molecule has 0 fully saturated rings. The van der Waals surface area contributed by atoms with E-state index >= 15 is 0 Å². The van der Waals surface area contributed by atoms with Gasteiger partial charge < -0.3 is 19.7 Å². The number of phenols is 2. The van der Waals surface area contributed by atoms with Crippen molar-refractivity contribution in [3.63, 3.8) is 0 Å². The van der Waals surface area contributed by atoms with Gasteiger partial charge >= 0.3 is 5.97 Å². The molecule has 148 valence electrons. The number of carbonyl (C=O) groups excluding carboxylic acids is 1. The Morgan fingerprint density at radius 1 is 0.933 bits per heavy atom. The molecule has 6 nitrogen and oxygen atoms in total. The lowest BCUT2D eigenvalue weighted by Crippen LogP contribution is -2.33. The minimum Gasteiger partial charge on any atom is -0.507 e. The Bertz CT molecular complexity index is 1280. The van der Waals surface area contributed by atoms with E-state index in [1.54, 1.807) is 30.3 Å². The Kier molecular flexibility index (Phi) is 4.54. The van der Waals surface area contributed by atoms with Crippen molar-refractivity contribution in [3.8, 4) is 23.0 Å². The van der Waals surface area contributed by atoms with Crippen LogP contribution in [0.5, 0.6) is 23.0 Å². The topological polar surface area (TPSA) is 88.4 Å². The van der Waals surface area contributed by atoms with Crippen LogP contribution in [0.3, 0.4) is 0 Å². The van der Waals surface area contributed by atoms with E-state index < -0.39 is 11.6 Å². The number of hydrogen-bond donors (Lipinski definition) is 2. The summed E-state index contributed by atoms with van der Waals surface area (Å²) in [5.74, 6) is 0.227. The quantitative estimate of drug-likeness (QED) is 0.156. The summed E-state index contributed by atoms with van der Waals surface area (Å²) in [5, 5.41) is 22.8. The molecule has 2 aliphatic heterocycles. The summed E-state index contributed by atoms with van der Waals surface area (Å²) >= 11 is 8.69. The first-order chi connectivity index (χ1) is 14.4. The zero-order valence-corrected chi connectivity index (χ0v) is 19.9. The average molecular weight is 641 g/mol. The highest BCUT2D eigenvalue weighted by molar-refractivity contribution is 14.1. The Labute approximate surface area is 202 Å². The first-order valence-electron chi connectivity index (χ1n) is 8.56. The summed E-state index contributed by atoms with van der Waals surface area (Å²) in [6.07, 6.45) is 0. The van der Waals surface area contributed by atoms with Crippen molar-refractivity contribution < 1.29 is 24.5 Å². The molecule has 3 aromatic carbocycles. The van der Waals surface area contributed by atoms with Gasteiger partial charge in [-0.2, -0.15) is 4.99 Å². The van der Waals surface area contributed by atoms with Gasteiger partial charge in [0.2, 0.25) is 0 Å². The van der Waals surface area contributed by atoms with Crippen LogP contribution in [0.15, 0.2) is 47.5 Å². The van der Waals surface area contributed by atoms with Crippen molar-refractivity contribution >= 4 is 74.2 Å². The van der Waals surface area contributed by atoms with E-state index in [9.17, 15) is 15.0 Å². The molecule has 0 unspecified atom stereocenters. The second-order valence-corrected chi connectivity index (χ2v) is 8.97. The smallest absolute Gasteiger partial charge is 0.342 e. The van der Waals surface area contributed by atoms with Crippen molar-refractivity contribution in [2.45, 2.75) is 5.60 Å². The predicted molar refractivity (Wildman–Crippen MR) is 128 cm³/mol. The van der Waals surface area contributed by atoms with E-state index in [4.69, 9.17) is 21.7 Å². The van der Waals surface area contributed by atoms with Crippen LogP contribution in [0.1, 0.15) is 27.0 Å². The van der Waals surface area contributed by atoms with Gasteiger partial charge in [-0.15, -0.1) is 0 Å². The monoisotopic (exact) mass is 641 g/mol. The molecule has 0 saturated heterocycles. The first kappa shape index (κ1) is 19.7. The molecule has 0 aromatic heterocycles. The first-order valence-corrected chi connectivity index (χ1v) is 11.1. The highest BCUT2D eigenvalue weighted by atomic mass is 127. The fraction of sp³-hybridized carbons (Fsp3) is 0.0476. The molecule has 0 atom stereocenters. The van der Waals surface area contributed by atoms with Gasteiger partial charge in [0.25, 0.3) is 0 Å². The predicted octanol–water partition coefficient (Wildman–Crippen LogP) is 5.61. The van der Waals surface area contributed by atoms with Crippen LogP contribution in [0.4, 0.5) is 5.69 Å². The van der Waals surface area contributed by atoms with Crippen molar-refractivity contribution in [3.05, 3.63) is 71.9 Å². The molecule has 1 spiro atoms. The molecular weight excluding hydrogens is 632 g/mol. The van der Waals surface area contributed by atoms with Gasteiger partial charge in [-0.05, 0) is 87.7 Å². The molecule has 2 aliphatic rings. The van der Waals surface area contributed by atoms with Crippen molar-refractivity contribution in [2.24, 2.45) is 4.99 Å². The number of esters is 1. The molecule has 0 aliphatic carbocycles. The van der Waals surface area contributed by atoms with Gasteiger partial charge in [-0.1, -0.05) is 12.1 Å². The number of aromatic hydroxyl groups is 2. The number of hydrogen-bond acceptors (Lipinski definition) is 7. The summed E-state index contributed by atoms with van der Waals surface area (Å²) in [5.41, 5.74) is 1.03. The number of phenolic OH excluding ortho intramolecular Hbond substituents is 2. The fourth-order valence-electron chi connectivity index (χ4n) is 3.93. The number of carbonyl (C=O) groups is 1. The summed E-state index contributed by atoms with van der Waals surface area (Å²) < 4.78 is 13.1. The minimum absolute atomic E-state index is 0.0340. The third-order valence-corrected chi connectivity index (χ3v) is 7.33. The fourth-order valence-corrected chi connectivity index (χ4v) is 5.19. The van der Waals surface area contributed by atoms with Gasteiger partial charge in [0.1, 0.15) is 11.5 Å². The number of isothiocyanates is 1. The van der Waals surface area contributed by atoms with Gasteiger partial charge in [0.15, 0.2) is 17.1 Å².